The highest BCUT2D eigenvalue weighted by Crippen LogP contribution is 2.57. The standard InChI is InChI=1S/C10H19N/c1-10(2)8(9(10)11)7-5-3-4-6-7/h7-9H,3-6,11H2,1-2H3. The summed E-state index contributed by atoms with van der Waals surface area (Å²) in [7, 11) is 0. The third kappa shape index (κ3) is 1.01. The van der Waals surface area contributed by atoms with Crippen molar-refractivity contribution in [3.8, 4) is 0 Å². The minimum atomic E-state index is 0.467. The highest BCUT2D eigenvalue weighted by molar-refractivity contribution is 5.11. The summed E-state index contributed by atoms with van der Waals surface area (Å²) in [5, 5.41) is 0. The lowest BCUT2D eigenvalue weighted by atomic mass is 9.96. The van der Waals surface area contributed by atoms with Gasteiger partial charge in [0.25, 0.3) is 0 Å². The minimum absolute atomic E-state index is 0.467. The molecule has 0 radical (unpaired) electrons. The van der Waals surface area contributed by atoms with Crippen LogP contribution in [0, 0.1) is 17.3 Å². The maximum absolute atomic E-state index is 6.02. The SMILES string of the molecule is CC1(C)C(N)C1C1CCCC1. The van der Waals surface area contributed by atoms with Crippen molar-refractivity contribution in [1.29, 1.82) is 0 Å². The van der Waals surface area contributed by atoms with Gasteiger partial charge in [-0.2, -0.15) is 0 Å². The molecule has 0 aromatic heterocycles. The van der Waals surface area contributed by atoms with E-state index in [2.05, 4.69) is 13.8 Å². The van der Waals surface area contributed by atoms with Gasteiger partial charge in [-0.05, 0) is 17.3 Å². The fourth-order valence-electron chi connectivity index (χ4n) is 2.94. The van der Waals surface area contributed by atoms with E-state index in [1.165, 1.54) is 25.7 Å². The lowest BCUT2D eigenvalue weighted by Gasteiger charge is -2.09. The molecule has 0 bridgehead atoms. The monoisotopic (exact) mass is 153 g/mol. The van der Waals surface area contributed by atoms with Gasteiger partial charge in [0.05, 0.1) is 0 Å². The molecule has 2 fully saturated rings. The average molecular weight is 153 g/mol. The molecule has 1 nitrogen and oxygen atoms in total. The van der Waals surface area contributed by atoms with E-state index in [9.17, 15) is 0 Å². The van der Waals surface area contributed by atoms with Crippen molar-refractivity contribution in [2.75, 3.05) is 0 Å². The summed E-state index contributed by atoms with van der Waals surface area (Å²) in [4.78, 5) is 0. The fraction of sp³-hybridized carbons (Fsp3) is 1.00. The van der Waals surface area contributed by atoms with Gasteiger partial charge in [0, 0.05) is 6.04 Å². The molecular weight excluding hydrogens is 134 g/mol. The smallest absolute Gasteiger partial charge is 0.0130 e. The number of nitrogens with two attached hydrogens (primary N) is 1. The third-order valence-electron chi connectivity index (χ3n) is 3.90. The predicted molar refractivity (Wildman–Crippen MR) is 47.2 cm³/mol. The van der Waals surface area contributed by atoms with Gasteiger partial charge in [0.15, 0.2) is 0 Å². The van der Waals surface area contributed by atoms with Crippen LogP contribution in [0.4, 0.5) is 0 Å². The quantitative estimate of drug-likeness (QED) is 0.614. The van der Waals surface area contributed by atoms with Gasteiger partial charge in [0.2, 0.25) is 0 Å². The Kier molecular flexibility index (Phi) is 1.54. The van der Waals surface area contributed by atoms with Crippen LogP contribution >= 0.6 is 0 Å². The van der Waals surface area contributed by atoms with E-state index in [1.54, 1.807) is 0 Å². The lowest BCUT2D eigenvalue weighted by Crippen LogP contribution is -2.08. The van der Waals surface area contributed by atoms with Crippen LogP contribution in [0.3, 0.4) is 0 Å². The molecule has 0 heterocycles. The van der Waals surface area contributed by atoms with Crippen molar-refractivity contribution in [3.05, 3.63) is 0 Å². The van der Waals surface area contributed by atoms with Crippen molar-refractivity contribution < 1.29 is 0 Å². The molecule has 2 aliphatic carbocycles. The summed E-state index contributed by atoms with van der Waals surface area (Å²) < 4.78 is 0. The Balaban J connectivity index is 1.98. The third-order valence-corrected chi connectivity index (χ3v) is 3.90. The summed E-state index contributed by atoms with van der Waals surface area (Å²) in [5.41, 5.74) is 6.49. The summed E-state index contributed by atoms with van der Waals surface area (Å²) in [5.74, 6) is 1.82. The second kappa shape index (κ2) is 2.22. The zero-order valence-electron chi connectivity index (χ0n) is 7.64. The lowest BCUT2D eigenvalue weighted by molar-refractivity contribution is 0.402. The minimum Gasteiger partial charge on any atom is -0.327 e. The molecule has 2 N–H and O–H groups in total. The topological polar surface area (TPSA) is 26.0 Å². The molecule has 64 valence electrons. The summed E-state index contributed by atoms with van der Waals surface area (Å²) >= 11 is 0. The largest absolute Gasteiger partial charge is 0.327 e. The summed E-state index contributed by atoms with van der Waals surface area (Å²) in [6, 6.07) is 0.505. The Bertz CT molecular complexity index is 156. The van der Waals surface area contributed by atoms with E-state index in [4.69, 9.17) is 5.73 Å². The molecule has 0 aliphatic heterocycles. The van der Waals surface area contributed by atoms with Crippen LogP contribution in [-0.2, 0) is 0 Å². The molecule has 2 unspecified atom stereocenters. The van der Waals surface area contributed by atoms with E-state index < -0.39 is 0 Å². The van der Waals surface area contributed by atoms with E-state index in [1.807, 2.05) is 0 Å². The van der Waals surface area contributed by atoms with Gasteiger partial charge in [0.1, 0.15) is 0 Å². The van der Waals surface area contributed by atoms with Gasteiger partial charge in [-0.25, -0.2) is 0 Å². The van der Waals surface area contributed by atoms with E-state index in [0.29, 0.717) is 11.5 Å². The highest BCUT2D eigenvalue weighted by atomic mass is 14.8. The fourth-order valence-corrected chi connectivity index (χ4v) is 2.94. The van der Waals surface area contributed by atoms with Gasteiger partial charge < -0.3 is 5.73 Å². The molecule has 11 heavy (non-hydrogen) atoms. The molecule has 0 saturated heterocycles. The van der Waals surface area contributed by atoms with E-state index in [-0.39, 0.29) is 0 Å². The molecule has 1 heteroatoms. The Morgan fingerprint density at radius 1 is 1.18 bits per heavy atom. The van der Waals surface area contributed by atoms with Gasteiger partial charge in [-0.3, -0.25) is 0 Å². The predicted octanol–water partition coefficient (Wildman–Crippen LogP) is 2.16. The molecule has 2 saturated carbocycles. The van der Waals surface area contributed by atoms with Crippen molar-refractivity contribution in [3.63, 3.8) is 0 Å². The van der Waals surface area contributed by atoms with Gasteiger partial charge in [-0.15, -0.1) is 0 Å². The molecule has 0 spiro atoms. The van der Waals surface area contributed by atoms with E-state index in [0.717, 1.165) is 11.8 Å². The van der Waals surface area contributed by atoms with Crippen molar-refractivity contribution >= 4 is 0 Å². The van der Waals surface area contributed by atoms with Crippen LogP contribution in [-0.4, -0.2) is 6.04 Å². The normalized spacial score (nSPS) is 42.8. The zero-order chi connectivity index (χ0) is 8.06. The van der Waals surface area contributed by atoms with E-state index >= 15 is 0 Å². The Hall–Kier alpha value is -0.0400. The molecule has 2 atom stereocenters. The maximum Gasteiger partial charge on any atom is 0.0130 e. The van der Waals surface area contributed by atoms with Crippen molar-refractivity contribution in [1.82, 2.24) is 0 Å². The first-order valence-electron chi connectivity index (χ1n) is 4.89. The number of rotatable bonds is 1. The molecule has 0 aromatic carbocycles. The van der Waals surface area contributed by atoms with Crippen molar-refractivity contribution in [2.45, 2.75) is 45.6 Å². The van der Waals surface area contributed by atoms with Gasteiger partial charge >= 0.3 is 0 Å². The van der Waals surface area contributed by atoms with Crippen LogP contribution in [0.5, 0.6) is 0 Å². The number of hydrogen-bond donors (Lipinski definition) is 1. The first kappa shape index (κ1) is 7.60. The number of hydrogen-bond acceptors (Lipinski definition) is 1. The molecule has 0 aromatic rings. The first-order chi connectivity index (χ1) is 5.14. The Morgan fingerprint density at radius 2 is 1.64 bits per heavy atom. The summed E-state index contributed by atoms with van der Waals surface area (Å²) in [6.45, 7) is 4.64. The molecule has 2 aliphatic rings. The maximum atomic E-state index is 6.02. The average Bonchev–Trinajstić information content (AvgIpc) is 2.40. The second-order valence-corrected chi connectivity index (χ2v) is 4.92. The Labute approximate surface area is 69.4 Å². The van der Waals surface area contributed by atoms with Crippen LogP contribution in [0.2, 0.25) is 0 Å². The van der Waals surface area contributed by atoms with Crippen molar-refractivity contribution in [2.24, 2.45) is 23.0 Å². The van der Waals surface area contributed by atoms with Crippen LogP contribution < -0.4 is 5.73 Å². The molecular formula is C10H19N. The molecule has 0 amide bonds. The van der Waals surface area contributed by atoms with Crippen LogP contribution in [0.15, 0.2) is 0 Å². The second-order valence-electron chi connectivity index (χ2n) is 4.92. The first-order valence-corrected chi connectivity index (χ1v) is 4.89. The highest BCUT2D eigenvalue weighted by Gasteiger charge is 2.58. The Morgan fingerprint density at radius 3 is 2.00 bits per heavy atom. The zero-order valence-corrected chi connectivity index (χ0v) is 7.64. The molecule has 2 rings (SSSR count). The summed E-state index contributed by atoms with van der Waals surface area (Å²) in [6.07, 6.45) is 5.79. The van der Waals surface area contributed by atoms with Gasteiger partial charge in [-0.1, -0.05) is 39.5 Å². The van der Waals surface area contributed by atoms with Crippen LogP contribution in [0.25, 0.3) is 0 Å². The van der Waals surface area contributed by atoms with Crippen LogP contribution in [0.1, 0.15) is 39.5 Å².